The van der Waals surface area contributed by atoms with Gasteiger partial charge in [-0.3, -0.25) is 14.9 Å². The number of nitro benzene ring substituents is 1. The molecule has 0 unspecified atom stereocenters. The van der Waals surface area contributed by atoms with Gasteiger partial charge in [0.15, 0.2) is 0 Å². The molecule has 1 fully saturated rings. The summed E-state index contributed by atoms with van der Waals surface area (Å²) in [6, 6.07) is 13.5. The molecule has 0 spiro atoms. The third-order valence-electron chi connectivity index (χ3n) is 4.38. The molecule has 3 rings (SSSR count). The third-order valence-corrected chi connectivity index (χ3v) is 4.38. The number of non-ortho nitro benzene ring substituents is 1. The number of benzene rings is 2. The van der Waals surface area contributed by atoms with Crippen LogP contribution >= 0.6 is 0 Å². The minimum atomic E-state index is -0.499. The van der Waals surface area contributed by atoms with Crippen molar-refractivity contribution in [3.05, 3.63) is 63.7 Å². The number of hydrogen-bond acceptors (Lipinski definition) is 5. The topological polar surface area (TPSA) is 99.3 Å². The van der Waals surface area contributed by atoms with Gasteiger partial charge in [-0.1, -0.05) is 12.1 Å². The maximum atomic E-state index is 12.8. The van der Waals surface area contributed by atoms with Crippen LogP contribution < -0.4 is 10.2 Å². The Bertz CT molecular complexity index is 865. The molecule has 1 aliphatic heterocycles. The first kappa shape index (κ1) is 17.4. The zero-order valence-electron chi connectivity index (χ0n) is 14.1. The van der Waals surface area contributed by atoms with Gasteiger partial charge >= 0.3 is 0 Å². The minimum Gasteiger partial charge on any atom is -0.371 e. The number of nitrogens with one attached hydrogen (secondary N) is 1. The molecule has 1 N–H and O–H groups in total. The van der Waals surface area contributed by atoms with Gasteiger partial charge in [0.05, 0.1) is 28.7 Å². The second-order valence-corrected chi connectivity index (χ2v) is 6.14. The monoisotopic (exact) mass is 350 g/mol. The summed E-state index contributed by atoms with van der Waals surface area (Å²) in [6.07, 6.45) is 2.38. The molecule has 0 atom stereocenters. The van der Waals surface area contributed by atoms with Gasteiger partial charge in [-0.25, -0.2) is 0 Å². The van der Waals surface area contributed by atoms with E-state index in [1.807, 2.05) is 0 Å². The SMILES string of the molecule is N#CCc1ccc(NC(=O)c2cc([N+](=O)[O-])ccc2N2CCCC2)cc1. The first-order valence-corrected chi connectivity index (χ1v) is 8.39. The van der Waals surface area contributed by atoms with E-state index in [4.69, 9.17) is 5.26 Å². The lowest BCUT2D eigenvalue weighted by molar-refractivity contribution is -0.384. The van der Waals surface area contributed by atoms with E-state index in [2.05, 4.69) is 16.3 Å². The van der Waals surface area contributed by atoms with Crippen LogP contribution in [-0.2, 0) is 6.42 Å². The Balaban J connectivity index is 1.87. The Hall–Kier alpha value is -3.40. The number of rotatable bonds is 5. The van der Waals surface area contributed by atoms with E-state index in [1.165, 1.54) is 12.1 Å². The lowest BCUT2D eigenvalue weighted by Gasteiger charge is -2.21. The van der Waals surface area contributed by atoms with Crippen molar-refractivity contribution in [3.63, 3.8) is 0 Å². The van der Waals surface area contributed by atoms with E-state index >= 15 is 0 Å². The average Bonchev–Trinajstić information content (AvgIpc) is 3.17. The van der Waals surface area contributed by atoms with Gasteiger partial charge in [0, 0.05) is 30.9 Å². The minimum absolute atomic E-state index is 0.109. The maximum absolute atomic E-state index is 12.8. The van der Waals surface area contributed by atoms with Gasteiger partial charge in [-0.05, 0) is 36.6 Å². The van der Waals surface area contributed by atoms with E-state index in [0.717, 1.165) is 31.5 Å². The highest BCUT2D eigenvalue weighted by Gasteiger charge is 2.22. The van der Waals surface area contributed by atoms with Crippen LogP contribution in [0.5, 0.6) is 0 Å². The largest absolute Gasteiger partial charge is 0.371 e. The molecular weight excluding hydrogens is 332 g/mol. The molecule has 0 aromatic heterocycles. The van der Waals surface area contributed by atoms with Crippen LogP contribution in [0, 0.1) is 21.4 Å². The van der Waals surface area contributed by atoms with Gasteiger partial charge < -0.3 is 10.2 Å². The van der Waals surface area contributed by atoms with Crippen molar-refractivity contribution in [2.75, 3.05) is 23.3 Å². The van der Waals surface area contributed by atoms with Crippen molar-refractivity contribution < 1.29 is 9.72 Å². The molecule has 0 radical (unpaired) electrons. The molecule has 0 saturated carbocycles. The highest BCUT2D eigenvalue weighted by molar-refractivity contribution is 6.08. The molecule has 7 nitrogen and oxygen atoms in total. The molecule has 2 aromatic rings. The standard InChI is InChI=1S/C19H18N4O3/c20-10-9-14-3-5-15(6-4-14)21-19(24)17-13-16(23(25)26)7-8-18(17)22-11-1-2-12-22/h3-8,13H,1-2,9,11-12H2,(H,21,24). The number of carbonyl (C=O) groups excluding carboxylic acids is 1. The Labute approximate surface area is 151 Å². The first-order chi connectivity index (χ1) is 12.6. The molecule has 0 bridgehead atoms. The predicted octanol–water partition coefficient (Wildman–Crippen LogP) is 3.51. The number of nitro groups is 1. The first-order valence-electron chi connectivity index (χ1n) is 8.39. The van der Waals surface area contributed by atoms with E-state index in [-0.39, 0.29) is 11.6 Å². The Kier molecular flexibility index (Phi) is 5.13. The fraction of sp³-hybridized carbons (Fsp3) is 0.263. The van der Waals surface area contributed by atoms with Crippen LogP contribution in [0.25, 0.3) is 0 Å². The van der Waals surface area contributed by atoms with E-state index < -0.39 is 4.92 Å². The van der Waals surface area contributed by atoms with E-state index in [0.29, 0.717) is 23.4 Å². The Morgan fingerprint density at radius 3 is 2.50 bits per heavy atom. The molecule has 0 aliphatic carbocycles. The summed E-state index contributed by atoms with van der Waals surface area (Å²) >= 11 is 0. The van der Waals surface area contributed by atoms with Crippen molar-refractivity contribution in [1.29, 1.82) is 5.26 Å². The fourth-order valence-electron chi connectivity index (χ4n) is 3.05. The highest BCUT2D eigenvalue weighted by atomic mass is 16.6. The van der Waals surface area contributed by atoms with Gasteiger partial charge in [-0.15, -0.1) is 0 Å². The van der Waals surface area contributed by atoms with Crippen LogP contribution in [-0.4, -0.2) is 23.9 Å². The van der Waals surface area contributed by atoms with Crippen LogP contribution in [0.3, 0.4) is 0 Å². The molecular formula is C19H18N4O3. The smallest absolute Gasteiger partial charge is 0.270 e. The molecule has 1 heterocycles. The van der Waals surface area contributed by atoms with Crippen LogP contribution in [0.2, 0.25) is 0 Å². The van der Waals surface area contributed by atoms with E-state index in [9.17, 15) is 14.9 Å². The van der Waals surface area contributed by atoms with Crippen molar-refractivity contribution >= 4 is 23.0 Å². The number of anilines is 2. The van der Waals surface area contributed by atoms with Crippen molar-refractivity contribution in [1.82, 2.24) is 0 Å². The van der Waals surface area contributed by atoms with Crippen LogP contribution in [0.4, 0.5) is 17.1 Å². The van der Waals surface area contributed by atoms with Gasteiger partial charge in [0.2, 0.25) is 0 Å². The highest BCUT2D eigenvalue weighted by Crippen LogP contribution is 2.29. The summed E-state index contributed by atoms with van der Waals surface area (Å²) in [5.41, 5.74) is 2.34. The summed E-state index contributed by atoms with van der Waals surface area (Å²) < 4.78 is 0. The molecule has 132 valence electrons. The zero-order chi connectivity index (χ0) is 18.5. The number of amides is 1. The van der Waals surface area contributed by atoms with Gasteiger partial charge in [0.1, 0.15) is 0 Å². The van der Waals surface area contributed by atoms with Crippen LogP contribution in [0.1, 0.15) is 28.8 Å². The second kappa shape index (κ2) is 7.66. The van der Waals surface area contributed by atoms with Gasteiger partial charge in [0.25, 0.3) is 11.6 Å². The zero-order valence-corrected chi connectivity index (χ0v) is 14.1. The summed E-state index contributed by atoms with van der Waals surface area (Å²) in [6.45, 7) is 1.67. The second-order valence-electron chi connectivity index (χ2n) is 6.14. The summed E-state index contributed by atoms with van der Waals surface area (Å²) in [5.74, 6) is -0.386. The molecule has 1 saturated heterocycles. The number of nitrogens with zero attached hydrogens (tertiary/aromatic N) is 3. The predicted molar refractivity (Wildman–Crippen MR) is 98.3 cm³/mol. The van der Waals surface area contributed by atoms with Crippen molar-refractivity contribution in [3.8, 4) is 6.07 Å². The molecule has 1 amide bonds. The number of nitriles is 1. The summed E-state index contributed by atoms with van der Waals surface area (Å²) in [5, 5.41) is 22.6. The number of carbonyl (C=O) groups is 1. The lowest BCUT2D eigenvalue weighted by atomic mass is 10.1. The van der Waals surface area contributed by atoms with Crippen molar-refractivity contribution in [2.45, 2.75) is 19.3 Å². The lowest BCUT2D eigenvalue weighted by Crippen LogP contribution is -2.23. The van der Waals surface area contributed by atoms with Gasteiger partial charge in [-0.2, -0.15) is 5.26 Å². The molecule has 26 heavy (non-hydrogen) atoms. The van der Waals surface area contributed by atoms with Crippen molar-refractivity contribution in [2.24, 2.45) is 0 Å². The quantitative estimate of drug-likeness (QED) is 0.657. The maximum Gasteiger partial charge on any atom is 0.270 e. The summed E-state index contributed by atoms with van der Waals surface area (Å²) in [7, 11) is 0. The normalized spacial score (nSPS) is 13.3. The fourth-order valence-corrected chi connectivity index (χ4v) is 3.05. The Morgan fingerprint density at radius 1 is 1.19 bits per heavy atom. The average molecular weight is 350 g/mol. The molecule has 2 aromatic carbocycles. The number of hydrogen-bond donors (Lipinski definition) is 1. The van der Waals surface area contributed by atoms with Crippen LogP contribution in [0.15, 0.2) is 42.5 Å². The van der Waals surface area contributed by atoms with E-state index in [1.54, 1.807) is 30.3 Å². The molecule has 7 heteroatoms. The third kappa shape index (κ3) is 3.81. The Morgan fingerprint density at radius 2 is 1.88 bits per heavy atom. The molecule has 1 aliphatic rings. The summed E-state index contributed by atoms with van der Waals surface area (Å²) in [4.78, 5) is 25.4.